The summed E-state index contributed by atoms with van der Waals surface area (Å²) in [5.41, 5.74) is 2.87. The van der Waals surface area contributed by atoms with E-state index in [9.17, 15) is 4.79 Å². The Hall–Kier alpha value is -2.92. The van der Waals surface area contributed by atoms with Gasteiger partial charge in [0.25, 0.3) is 0 Å². The van der Waals surface area contributed by atoms with Gasteiger partial charge in [-0.15, -0.1) is 0 Å². The Morgan fingerprint density at radius 3 is 2.57 bits per heavy atom. The number of amides is 2. The highest BCUT2D eigenvalue weighted by Crippen LogP contribution is 2.33. The summed E-state index contributed by atoms with van der Waals surface area (Å²) in [6, 6.07) is 18.9. The van der Waals surface area contributed by atoms with Gasteiger partial charge in [0.2, 0.25) is 0 Å². The fourth-order valence-corrected chi connectivity index (χ4v) is 3.72. The molecule has 0 aliphatic carbocycles. The van der Waals surface area contributed by atoms with Gasteiger partial charge in [-0.3, -0.25) is 0 Å². The molecule has 0 saturated carbocycles. The van der Waals surface area contributed by atoms with Crippen molar-refractivity contribution < 1.29 is 9.53 Å². The number of rotatable bonds is 4. The molecule has 2 aromatic carbocycles. The van der Waals surface area contributed by atoms with Crippen LogP contribution in [0.4, 0.5) is 10.5 Å². The largest absolute Gasteiger partial charge is 0.494 e. The summed E-state index contributed by atoms with van der Waals surface area (Å²) < 4.78 is 7.76. The van der Waals surface area contributed by atoms with Crippen LogP contribution in [0.1, 0.15) is 24.2 Å². The first-order chi connectivity index (χ1) is 13.7. The van der Waals surface area contributed by atoms with E-state index in [2.05, 4.69) is 22.1 Å². The number of halogens is 1. The second-order valence-corrected chi connectivity index (χ2v) is 7.10. The minimum Gasteiger partial charge on any atom is -0.494 e. The lowest BCUT2D eigenvalue weighted by atomic mass is 10.00. The summed E-state index contributed by atoms with van der Waals surface area (Å²) in [5.74, 6) is 0.828. The smallest absolute Gasteiger partial charge is 0.322 e. The Balaban J connectivity index is 1.63. The molecule has 1 N–H and O–H groups in total. The number of anilines is 1. The van der Waals surface area contributed by atoms with Gasteiger partial charge >= 0.3 is 6.03 Å². The van der Waals surface area contributed by atoms with Crippen molar-refractivity contribution in [3.05, 3.63) is 83.1 Å². The normalized spacial score (nSPS) is 15.8. The molecule has 4 rings (SSSR count). The Labute approximate surface area is 169 Å². The highest BCUT2D eigenvalue weighted by Gasteiger charge is 2.32. The fourth-order valence-electron chi connectivity index (χ4n) is 3.59. The van der Waals surface area contributed by atoms with Crippen molar-refractivity contribution in [2.45, 2.75) is 19.5 Å². The van der Waals surface area contributed by atoms with Gasteiger partial charge in [0.05, 0.1) is 12.6 Å². The van der Waals surface area contributed by atoms with Crippen LogP contribution in [0.2, 0.25) is 5.02 Å². The van der Waals surface area contributed by atoms with Crippen LogP contribution in [-0.2, 0) is 6.54 Å². The molecule has 0 unspecified atom stereocenters. The van der Waals surface area contributed by atoms with E-state index < -0.39 is 0 Å². The molecule has 0 radical (unpaired) electrons. The van der Waals surface area contributed by atoms with Crippen LogP contribution in [0.3, 0.4) is 0 Å². The Bertz CT molecular complexity index is 951. The van der Waals surface area contributed by atoms with E-state index >= 15 is 0 Å². The van der Waals surface area contributed by atoms with Crippen LogP contribution in [0, 0.1) is 0 Å². The second kappa shape index (κ2) is 7.98. The van der Waals surface area contributed by atoms with Crippen LogP contribution in [0.15, 0.2) is 66.9 Å². The number of carbonyl (C=O) groups excluding carboxylic acids is 1. The zero-order valence-electron chi connectivity index (χ0n) is 15.6. The summed E-state index contributed by atoms with van der Waals surface area (Å²) in [4.78, 5) is 15.0. The van der Waals surface area contributed by atoms with Gasteiger partial charge in [-0.05, 0) is 61.0 Å². The molecular formula is C22H22ClN3O2. The van der Waals surface area contributed by atoms with Gasteiger partial charge in [-0.25, -0.2) is 4.79 Å². The van der Waals surface area contributed by atoms with Crippen LogP contribution in [0.25, 0.3) is 0 Å². The van der Waals surface area contributed by atoms with E-state index in [0.29, 0.717) is 18.2 Å². The van der Waals surface area contributed by atoms with Crippen molar-refractivity contribution in [3.8, 4) is 5.75 Å². The van der Waals surface area contributed by atoms with Crippen molar-refractivity contribution in [2.75, 3.05) is 18.5 Å². The van der Waals surface area contributed by atoms with Gasteiger partial charge in [-0.1, -0.05) is 23.7 Å². The van der Waals surface area contributed by atoms with E-state index in [4.69, 9.17) is 16.3 Å². The molecule has 2 heterocycles. The molecule has 3 aromatic rings. The molecule has 0 saturated heterocycles. The lowest BCUT2D eigenvalue weighted by Crippen LogP contribution is -2.44. The minimum absolute atomic E-state index is 0.131. The number of carbonyl (C=O) groups is 1. The molecule has 6 heteroatoms. The van der Waals surface area contributed by atoms with Crippen molar-refractivity contribution >= 4 is 23.3 Å². The number of urea groups is 1. The van der Waals surface area contributed by atoms with E-state index in [0.717, 1.165) is 29.2 Å². The second-order valence-electron chi connectivity index (χ2n) is 6.66. The molecule has 5 nitrogen and oxygen atoms in total. The SMILES string of the molecule is CCOc1ccc([C@H]2c3cccn3CCN2C(=O)Nc2ccc(Cl)cc2)cc1. The molecule has 0 bridgehead atoms. The first kappa shape index (κ1) is 18.4. The molecule has 1 aliphatic rings. The average molecular weight is 396 g/mol. The molecule has 1 atom stereocenters. The minimum atomic E-state index is -0.160. The van der Waals surface area contributed by atoms with Crippen LogP contribution < -0.4 is 10.1 Å². The van der Waals surface area contributed by atoms with Gasteiger partial charge in [-0.2, -0.15) is 0 Å². The maximum absolute atomic E-state index is 13.1. The Morgan fingerprint density at radius 2 is 1.86 bits per heavy atom. The van der Waals surface area contributed by atoms with Gasteiger partial charge in [0.15, 0.2) is 0 Å². The number of fused-ring (bicyclic) bond motifs is 1. The summed E-state index contributed by atoms with van der Waals surface area (Å²) in [5, 5.41) is 3.63. The number of hydrogen-bond donors (Lipinski definition) is 1. The van der Waals surface area contributed by atoms with Crippen molar-refractivity contribution in [3.63, 3.8) is 0 Å². The topological polar surface area (TPSA) is 46.5 Å². The molecule has 2 amide bonds. The first-order valence-electron chi connectivity index (χ1n) is 9.36. The van der Waals surface area contributed by atoms with Crippen LogP contribution >= 0.6 is 11.6 Å². The molecular weight excluding hydrogens is 374 g/mol. The zero-order chi connectivity index (χ0) is 19.5. The average Bonchev–Trinajstić information content (AvgIpc) is 3.19. The Kier molecular flexibility index (Phi) is 5.26. The molecule has 144 valence electrons. The van der Waals surface area contributed by atoms with E-state index in [1.54, 1.807) is 24.3 Å². The number of nitrogens with zero attached hydrogens (tertiary/aromatic N) is 2. The maximum Gasteiger partial charge on any atom is 0.322 e. The van der Waals surface area contributed by atoms with E-state index in [1.165, 1.54) is 0 Å². The van der Waals surface area contributed by atoms with E-state index in [1.807, 2.05) is 42.2 Å². The van der Waals surface area contributed by atoms with Crippen LogP contribution in [-0.4, -0.2) is 28.6 Å². The lowest BCUT2D eigenvalue weighted by Gasteiger charge is -2.37. The summed E-state index contributed by atoms with van der Waals surface area (Å²) in [6.07, 6.45) is 2.06. The quantitative estimate of drug-likeness (QED) is 0.661. The molecule has 0 fully saturated rings. The predicted molar refractivity (Wildman–Crippen MR) is 111 cm³/mol. The number of aromatic nitrogens is 1. The molecule has 28 heavy (non-hydrogen) atoms. The number of benzene rings is 2. The third-order valence-corrected chi connectivity index (χ3v) is 5.15. The summed E-state index contributed by atoms with van der Waals surface area (Å²) >= 11 is 5.94. The maximum atomic E-state index is 13.1. The predicted octanol–water partition coefficient (Wildman–Crippen LogP) is 5.18. The number of ether oxygens (including phenoxy) is 1. The standard InChI is InChI=1S/C22H22ClN3O2/c1-2-28-19-11-5-16(6-12-19)21-20-4-3-13-25(20)14-15-26(21)22(27)24-18-9-7-17(23)8-10-18/h3-13,21H,2,14-15H2,1H3,(H,24,27)/t21-/m0/s1. The zero-order valence-corrected chi connectivity index (χ0v) is 16.4. The number of hydrogen-bond acceptors (Lipinski definition) is 2. The van der Waals surface area contributed by atoms with E-state index in [-0.39, 0.29) is 12.1 Å². The highest BCUT2D eigenvalue weighted by atomic mass is 35.5. The third kappa shape index (κ3) is 3.71. The summed E-state index contributed by atoms with van der Waals surface area (Å²) in [7, 11) is 0. The van der Waals surface area contributed by atoms with Gasteiger partial charge in [0.1, 0.15) is 5.75 Å². The van der Waals surface area contributed by atoms with Crippen LogP contribution in [0.5, 0.6) is 5.75 Å². The summed E-state index contributed by atoms with van der Waals surface area (Å²) in [6.45, 7) is 3.98. The fraction of sp³-hybridized carbons (Fsp3) is 0.227. The van der Waals surface area contributed by atoms with Gasteiger partial charge < -0.3 is 19.5 Å². The van der Waals surface area contributed by atoms with Crippen molar-refractivity contribution in [1.82, 2.24) is 9.47 Å². The van der Waals surface area contributed by atoms with Gasteiger partial charge in [0, 0.05) is 35.7 Å². The first-order valence-corrected chi connectivity index (χ1v) is 9.74. The molecule has 0 spiro atoms. The number of nitrogens with one attached hydrogen (secondary N) is 1. The van der Waals surface area contributed by atoms with Crippen molar-refractivity contribution in [2.24, 2.45) is 0 Å². The molecule has 1 aromatic heterocycles. The third-order valence-electron chi connectivity index (χ3n) is 4.90. The Morgan fingerprint density at radius 1 is 1.11 bits per heavy atom. The lowest BCUT2D eigenvalue weighted by molar-refractivity contribution is 0.182. The van der Waals surface area contributed by atoms with Crippen molar-refractivity contribution in [1.29, 1.82) is 0 Å². The monoisotopic (exact) mass is 395 g/mol. The molecule has 1 aliphatic heterocycles. The highest BCUT2D eigenvalue weighted by molar-refractivity contribution is 6.30.